The van der Waals surface area contributed by atoms with E-state index < -0.39 is 5.97 Å². The Bertz CT molecular complexity index is 1520. The van der Waals surface area contributed by atoms with Crippen molar-refractivity contribution in [2.75, 3.05) is 31.1 Å². The number of anilines is 1. The minimum atomic E-state index is -1.03. The van der Waals surface area contributed by atoms with Crippen LogP contribution in [0.2, 0.25) is 0 Å². The summed E-state index contributed by atoms with van der Waals surface area (Å²) in [7, 11) is 0. The highest BCUT2D eigenvalue weighted by Crippen LogP contribution is 2.42. The van der Waals surface area contributed by atoms with E-state index >= 15 is 0 Å². The predicted octanol–water partition coefficient (Wildman–Crippen LogP) is 6.93. The van der Waals surface area contributed by atoms with Crippen molar-refractivity contribution in [3.05, 3.63) is 65.5 Å². The maximum Gasteiger partial charge on any atom is 0.336 e. The van der Waals surface area contributed by atoms with Crippen LogP contribution in [0.3, 0.4) is 0 Å². The summed E-state index contributed by atoms with van der Waals surface area (Å²) in [6, 6.07) is 17.3. The van der Waals surface area contributed by atoms with Gasteiger partial charge >= 0.3 is 5.97 Å². The molecule has 0 bridgehead atoms. The van der Waals surface area contributed by atoms with Crippen LogP contribution in [0.25, 0.3) is 33.4 Å². The number of rotatable bonds is 8. The summed E-state index contributed by atoms with van der Waals surface area (Å²) in [5.74, 6) is -0.330. The number of carboxylic acid groups (broad SMARTS) is 1. The number of carbonyl (C=O) groups is 1. The number of fused-ring (bicyclic) bond motifs is 2. The molecule has 1 heterocycles. The molecule has 0 saturated heterocycles. The van der Waals surface area contributed by atoms with Crippen LogP contribution >= 0.6 is 12.2 Å². The van der Waals surface area contributed by atoms with Crippen LogP contribution in [-0.2, 0) is 0 Å². The molecule has 0 unspecified atom stereocenters. The van der Waals surface area contributed by atoms with Gasteiger partial charge in [-0.3, -0.25) is 0 Å². The molecule has 2 aromatic carbocycles. The van der Waals surface area contributed by atoms with Crippen LogP contribution in [0.1, 0.15) is 45.5 Å². The summed E-state index contributed by atoms with van der Waals surface area (Å²) >= 11 is 4.72. The van der Waals surface area contributed by atoms with Gasteiger partial charge in [-0.05, 0) is 75.8 Å². The number of aliphatic imine (C=N–C) groups is 1. The van der Waals surface area contributed by atoms with E-state index in [1.54, 1.807) is 12.1 Å². The molecule has 6 nitrogen and oxygen atoms in total. The number of nitrogens with zero attached hydrogens (tertiary/aromatic N) is 3. The summed E-state index contributed by atoms with van der Waals surface area (Å²) in [6.45, 7) is 12.0. The number of isothiocyanates is 1. The van der Waals surface area contributed by atoms with Gasteiger partial charge in [-0.1, -0.05) is 13.5 Å². The molecule has 192 valence electrons. The van der Waals surface area contributed by atoms with Crippen LogP contribution in [0, 0.1) is 0 Å². The Hall–Kier alpha value is -3.80. The van der Waals surface area contributed by atoms with Crippen molar-refractivity contribution >= 4 is 45.7 Å². The molecule has 37 heavy (non-hydrogen) atoms. The molecule has 1 N–H and O–H groups in total. The SMILES string of the molecule is C.CCN(CC)c1ccc2c(-c3ccc(N=C=S)cc3C(=O)O)c3ccc(=[N+](CC)CC)cc-3oc2c1. The second-order valence-electron chi connectivity index (χ2n) is 8.42. The zero-order chi connectivity index (χ0) is 25.8. The standard InChI is InChI=1S/C29H29N3O3S.CH4/c1-5-31(6-2)20-10-13-23-26(16-20)35-27-17-21(32(7-3)8-4)11-14-24(27)28(23)22-12-9-19(30-18-36)15-25(22)29(33)34;/h9-17H,5-8H2,1-4H3;1H4/p+1. The Morgan fingerprint density at radius 2 is 1.70 bits per heavy atom. The van der Waals surface area contributed by atoms with Gasteiger partial charge in [-0.2, -0.15) is 4.99 Å². The fraction of sp³-hybridized carbons (Fsp3) is 0.300. The molecule has 0 spiro atoms. The number of aromatic carboxylic acids is 1. The van der Waals surface area contributed by atoms with Gasteiger partial charge in [0.25, 0.3) is 0 Å². The van der Waals surface area contributed by atoms with Crippen molar-refractivity contribution in [2.24, 2.45) is 4.99 Å². The maximum atomic E-state index is 12.3. The zero-order valence-electron chi connectivity index (χ0n) is 21.0. The molecule has 0 saturated carbocycles. The number of hydrogen-bond donors (Lipinski definition) is 1. The average molecular weight is 517 g/mol. The smallest absolute Gasteiger partial charge is 0.336 e. The van der Waals surface area contributed by atoms with E-state index in [1.807, 2.05) is 24.3 Å². The van der Waals surface area contributed by atoms with Crippen molar-refractivity contribution in [3.8, 4) is 22.5 Å². The highest BCUT2D eigenvalue weighted by Gasteiger charge is 2.23. The number of benzene rings is 3. The van der Waals surface area contributed by atoms with Crippen LogP contribution in [0.5, 0.6) is 0 Å². The van der Waals surface area contributed by atoms with Gasteiger partial charge in [0, 0.05) is 47.4 Å². The Labute approximate surface area is 223 Å². The fourth-order valence-corrected chi connectivity index (χ4v) is 4.88. The van der Waals surface area contributed by atoms with Gasteiger partial charge in [0.2, 0.25) is 5.36 Å². The van der Waals surface area contributed by atoms with Crippen molar-refractivity contribution in [1.29, 1.82) is 0 Å². The second kappa shape index (κ2) is 12.0. The molecule has 0 aromatic heterocycles. The first-order chi connectivity index (χ1) is 17.4. The van der Waals surface area contributed by atoms with E-state index in [0.29, 0.717) is 22.6 Å². The summed E-state index contributed by atoms with van der Waals surface area (Å²) in [5, 5.41) is 14.3. The lowest BCUT2D eigenvalue weighted by Crippen LogP contribution is -2.29. The first-order valence-electron chi connectivity index (χ1n) is 12.2. The fourth-order valence-electron chi connectivity index (χ4n) is 4.78. The molecule has 7 heteroatoms. The number of hydrogen-bond acceptors (Lipinski definition) is 5. The van der Waals surface area contributed by atoms with Crippen molar-refractivity contribution in [1.82, 2.24) is 4.58 Å². The molecule has 1 aliphatic carbocycles. The van der Waals surface area contributed by atoms with E-state index in [9.17, 15) is 9.90 Å². The minimum absolute atomic E-state index is 0. The lowest BCUT2D eigenvalue weighted by molar-refractivity contribution is 0.0697. The molecule has 0 amide bonds. The molecule has 1 aliphatic heterocycles. The quantitative estimate of drug-likeness (QED) is 0.119. The molecule has 2 aliphatic rings. The Morgan fingerprint density at radius 1 is 1.00 bits per heavy atom. The van der Waals surface area contributed by atoms with Crippen molar-refractivity contribution < 1.29 is 14.3 Å². The number of carboxylic acids is 1. The van der Waals surface area contributed by atoms with E-state index in [1.165, 1.54) is 6.07 Å². The van der Waals surface area contributed by atoms with Gasteiger partial charge in [-0.25, -0.2) is 9.37 Å². The lowest BCUT2D eigenvalue weighted by atomic mass is 9.90. The summed E-state index contributed by atoms with van der Waals surface area (Å²) in [5.41, 5.74) is 4.63. The Kier molecular flexibility index (Phi) is 8.98. The zero-order valence-corrected chi connectivity index (χ0v) is 21.9. The lowest BCUT2D eigenvalue weighted by Gasteiger charge is -2.22. The second-order valence-corrected chi connectivity index (χ2v) is 8.60. The normalized spacial score (nSPS) is 10.6. The summed E-state index contributed by atoms with van der Waals surface area (Å²) in [6.07, 6.45) is 0. The largest absolute Gasteiger partial charge is 0.478 e. The first kappa shape index (κ1) is 27.8. The number of thiocarbonyl (C=S) groups is 1. The molecular weight excluding hydrogens is 482 g/mol. The van der Waals surface area contributed by atoms with Crippen molar-refractivity contribution in [3.63, 3.8) is 0 Å². The third kappa shape index (κ3) is 5.33. The predicted molar refractivity (Wildman–Crippen MR) is 157 cm³/mol. The third-order valence-corrected chi connectivity index (χ3v) is 6.72. The summed E-state index contributed by atoms with van der Waals surface area (Å²) in [4.78, 5) is 18.6. The van der Waals surface area contributed by atoms with Gasteiger partial charge < -0.3 is 14.4 Å². The third-order valence-electron chi connectivity index (χ3n) is 6.62. The maximum absolute atomic E-state index is 12.3. The van der Waals surface area contributed by atoms with Gasteiger partial charge in [-0.15, -0.1) is 0 Å². The molecule has 0 atom stereocenters. The molecule has 4 rings (SSSR count). The highest BCUT2D eigenvalue weighted by atomic mass is 32.1. The van der Waals surface area contributed by atoms with Crippen LogP contribution in [0.15, 0.2) is 64.0 Å². The van der Waals surface area contributed by atoms with E-state index in [2.05, 4.69) is 59.5 Å². The molecule has 0 fully saturated rings. The molecule has 2 aromatic rings. The summed E-state index contributed by atoms with van der Waals surface area (Å²) < 4.78 is 8.74. The van der Waals surface area contributed by atoms with E-state index in [4.69, 9.17) is 16.6 Å². The van der Waals surface area contributed by atoms with Crippen LogP contribution in [0.4, 0.5) is 11.4 Å². The van der Waals surface area contributed by atoms with E-state index in [0.717, 1.165) is 53.7 Å². The monoisotopic (exact) mass is 516 g/mol. The van der Waals surface area contributed by atoms with Crippen molar-refractivity contribution in [2.45, 2.75) is 35.1 Å². The van der Waals surface area contributed by atoms with Crippen LogP contribution in [-0.4, -0.2) is 42.4 Å². The van der Waals surface area contributed by atoms with E-state index in [-0.39, 0.29) is 13.0 Å². The minimum Gasteiger partial charge on any atom is -0.478 e. The van der Waals surface area contributed by atoms with Gasteiger partial charge in [0.15, 0.2) is 0 Å². The first-order valence-corrected chi connectivity index (χ1v) is 12.7. The highest BCUT2D eigenvalue weighted by molar-refractivity contribution is 7.78. The Morgan fingerprint density at radius 3 is 2.32 bits per heavy atom. The van der Waals surface area contributed by atoms with Crippen LogP contribution < -0.4 is 14.8 Å². The topological polar surface area (TPSA) is 69.1 Å². The van der Waals surface area contributed by atoms with Gasteiger partial charge in [0.1, 0.15) is 24.4 Å². The molecule has 0 radical (unpaired) electrons. The molecular formula is C30H34N3O3S+. The Balaban J connectivity index is 0.00000380. The van der Waals surface area contributed by atoms with Gasteiger partial charge in [0.05, 0.1) is 22.5 Å². The average Bonchev–Trinajstić information content (AvgIpc) is 2.89.